The lowest BCUT2D eigenvalue weighted by Gasteiger charge is -2.34. The summed E-state index contributed by atoms with van der Waals surface area (Å²) in [4.78, 5) is 11.7. The maximum Gasteiger partial charge on any atom is 0.318 e. The first kappa shape index (κ1) is 13.3. The molecule has 0 N–H and O–H groups in total. The van der Waals surface area contributed by atoms with Crippen LogP contribution in [0.5, 0.6) is 0 Å². The Kier molecular flexibility index (Phi) is 4.17. The van der Waals surface area contributed by atoms with Crippen LogP contribution in [0.1, 0.15) is 53.9 Å². The van der Waals surface area contributed by atoms with Gasteiger partial charge in [-0.25, -0.2) is 0 Å². The van der Waals surface area contributed by atoms with Crippen LogP contribution in [0.2, 0.25) is 0 Å². The quantitative estimate of drug-likeness (QED) is 0.662. The molecule has 92 valence electrons. The fourth-order valence-electron chi connectivity index (χ4n) is 2.27. The third-order valence-corrected chi connectivity index (χ3v) is 3.98. The lowest BCUT2D eigenvalue weighted by molar-refractivity contribution is -0.144. The lowest BCUT2D eigenvalue weighted by Crippen LogP contribution is -2.33. The summed E-state index contributed by atoms with van der Waals surface area (Å²) in [6.07, 6.45) is 5.60. The minimum Gasteiger partial charge on any atom is -0.431 e. The molecule has 0 aliphatic carbocycles. The molecule has 1 aliphatic rings. The van der Waals surface area contributed by atoms with E-state index in [-0.39, 0.29) is 17.3 Å². The number of rotatable bonds is 5. The molecule has 0 aromatic rings. The molecule has 0 saturated carbocycles. The van der Waals surface area contributed by atoms with Crippen molar-refractivity contribution in [1.82, 2.24) is 0 Å². The van der Waals surface area contributed by atoms with E-state index in [1.54, 1.807) is 0 Å². The Morgan fingerprint density at radius 1 is 1.50 bits per heavy atom. The summed E-state index contributed by atoms with van der Waals surface area (Å²) >= 11 is 0. The monoisotopic (exact) mass is 224 g/mol. The highest BCUT2D eigenvalue weighted by molar-refractivity contribution is 5.79. The van der Waals surface area contributed by atoms with Crippen molar-refractivity contribution in [3.63, 3.8) is 0 Å². The van der Waals surface area contributed by atoms with Gasteiger partial charge in [0.1, 0.15) is 5.76 Å². The Labute approximate surface area is 99.1 Å². The predicted molar refractivity (Wildman–Crippen MR) is 65.8 cm³/mol. The molecule has 1 heterocycles. The van der Waals surface area contributed by atoms with Crippen LogP contribution < -0.4 is 0 Å². The van der Waals surface area contributed by atoms with Crippen molar-refractivity contribution in [2.24, 2.45) is 17.3 Å². The number of cyclic esters (lactones) is 1. The maximum absolute atomic E-state index is 11.7. The first-order valence-electron chi connectivity index (χ1n) is 6.29. The molecule has 2 unspecified atom stereocenters. The number of carbonyl (C=O) groups is 1. The van der Waals surface area contributed by atoms with E-state index in [1.807, 2.05) is 13.0 Å². The second-order valence-electron chi connectivity index (χ2n) is 5.54. The van der Waals surface area contributed by atoms with Gasteiger partial charge in [-0.05, 0) is 24.3 Å². The third-order valence-electron chi connectivity index (χ3n) is 3.98. The second-order valence-corrected chi connectivity index (χ2v) is 5.54. The van der Waals surface area contributed by atoms with Crippen LogP contribution in [-0.4, -0.2) is 5.97 Å². The van der Waals surface area contributed by atoms with Crippen LogP contribution in [0.15, 0.2) is 11.8 Å². The molecule has 0 spiro atoms. The van der Waals surface area contributed by atoms with E-state index in [2.05, 4.69) is 27.7 Å². The number of hydrogen-bond acceptors (Lipinski definition) is 2. The van der Waals surface area contributed by atoms with Gasteiger partial charge in [-0.1, -0.05) is 47.0 Å². The summed E-state index contributed by atoms with van der Waals surface area (Å²) in [5.41, 5.74) is -0.00991. The molecular weight excluding hydrogens is 200 g/mol. The molecule has 2 nitrogen and oxygen atoms in total. The normalized spacial score (nSPS) is 22.9. The molecule has 1 rings (SSSR count). The van der Waals surface area contributed by atoms with Gasteiger partial charge in [0.2, 0.25) is 0 Å². The van der Waals surface area contributed by atoms with Gasteiger partial charge in [0.05, 0.1) is 5.92 Å². The summed E-state index contributed by atoms with van der Waals surface area (Å²) < 4.78 is 5.14. The van der Waals surface area contributed by atoms with Crippen LogP contribution in [0.3, 0.4) is 0 Å². The van der Waals surface area contributed by atoms with Crippen molar-refractivity contribution in [3.8, 4) is 0 Å². The van der Waals surface area contributed by atoms with Crippen molar-refractivity contribution in [2.75, 3.05) is 0 Å². The maximum atomic E-state index is 11.7. The van der Waals surface area contributed by atoms with Crippen LogP contribution >= 0.6 is 0 Å². The fraction of sp³-hybridized carbons (Fsp3) is 0.786. The van der Waals surface area contributed by atoms with Crippen LogP contribution in [0, 0.1) is 17.3 Å². The number of allylic oxidation sites excluding steroid dienone is 1. The van der Waals surface area contributed by atoms with Gasteiger partial charge in [0, 0.05) is 0 Å². The largest absolute Gasteiger partial charge is 0.431 e. The number of esters is 1. The zero-order chi connectivity index (χ0) is 12.3. The molecule has 1 aliphatic heterocycles. The average Bonchev–Trinajstić information content (AvgIpc) is 2.54. The topological polar surface area (TPSA) is 26.3 Å². The summed E-state index contributed by atoms with van der Waals surface area (Å²) in [7, 11) is 0. The second kappa shape index (κ2) is 5.03. The highest BCUT2D eigenvalue weighted by atomic mass is 16.5. The lowest BCUT2D eigenvalue weighted by atomic mass is 9.68. The van der Waals surface area contributed by atoms with Crippen LogP contribution in [0.25, 0.3) is 0 Å². The van der Waals surface area contributed by atoms with E-state index in [0.717, 1.165) is 5.76 Å². The number of hydrogen-bond donors (Lipinski definition) is 0. The Balaban J connectivity index is 2.72. The zero-order valence-corrected chi connectivity index (χ0v) is 11.2. The van der Waals surface area contributed by atoms with E-state index in [4.69, 9.17) is 4.74 Å². The minimum atomic E-state index is -0.0779. The molecule has 0 saturated heterocycles. The van der Waals surface area contributed by atoms with E-state index in [1.165, 1.54) is 19.3 Å². The highest BCUT2D eigenvalue weighted by Crippen LogP contribution is 2.42. The van der Waals surface area contributed by atoms with Gasteiger partial charge in [-0.2, -0.15) is 0 Å². The summed E-state index contributed by atoms with van der Waals surface area (Å²) in [5.74, 6) is 1.14. The van der Waals surface area contributed by atoms with Crippen molar-refractivity contribution < 1.29 is 9.53 Å². The molecule has 0 aromatic carbocycles. The Hall–Kier alpha value is -0.790. The summed E-state index contributed by atoms with van der Waals surface area (Å²) in [5, 5.41) is 0. The molecule has 2 atom stereocenters. The van der Waals surface area contributed by atoms with Crippen LogP contribution in [-0.2, 0) is 9.53 Å². The van der Waals surface area contributed by atoms with Crippen molar-refractivity contribution in [1.29, 1.82) is 0 Å². The predicted octanol–water partition coefficient (Wildman–Crippen LogP) is 3.92. The molecule has 2 heteroatoms. The first-order chi connectivity index (χ1) is 7.39. The van der Waals surface area contributed by atoms with E-state index >= 15 is 0 Å². The Morgan fingerprint density at radius 2 is 2.12 bits per heavy atom. The fourth-order valence-corrected chi connectivity index (χ4v) is 2.27. The van der Waals surface area contributed by atoms with Crippen molar-refractivity contribution >= 4 is 5.97 Å². The molecule has 0 amide bonds. The summed E-state index contributed by atoms with van der Waals surface area (Å²) in [6, 6.07) is 0. The van der Waals surface area contributed by atoms with Crippen LogP contribution in [0.4, 0.5) is 0 Å². The molecule has 16 heavy (non-hydrogen) atoms. The SMILES string of the molecule is CCCCC(C)C(C)(C)C1C=C(C)OC1=O. The molecule has 0 aromatic heterocycles. The standard InChI is InChI=1S/C14H24O2/c1-6-7-8-10(2)14(4,5)12-9-11(3)16-13(12)15/h9-10,12H,6-8H2,1-5H3. The molecule has 0 fully saturated rings. The Morgan fingerprint density at radius 3 is 2.56 bits per heavy atom. The number of ether oxygens (including phenoxy) is 1. The zero-order valence-electron chi connectivity index (χ0n) is 11.2. The van der Waals surface area contributed by atoms with Gasteiger partial charge in [-0.15, -0.1) is 0 Å². The third kappa shape index (κ3) is 2.66. The van der Waals surface area contributed by atoms with Gasteiger partial charge in [-0.3, -0.25) is 4.79 Å². The number of unbranched alkanes of at least 4 members (excludes halogenated alkanes) is 1. The van der Waals surface area contributed by atoms with Gasteiger partial charge >= 0.3 is 5.97 Å². The minimum absolute atomic E-state index is 0.00991. The smallest absolute Gasteiger partial charge is 0.318 e. The Bertz CT molecular complexity index is 289. The van der Waals surface area contributed by atoms with E-state index in [9.17, 15) is 4.79 Å². The van der Waals surface area contributed by atoms with E-state index in [0.29, 0.717) is 5.92 Å². The van der Waals surface area contributed by atoms with Crippen molar-refractivity contribution in [2.45, 2.75) is 53.9 Å². The number of carbonyl (C=O) groups excluding carboxylic acids is 1. The highest BCUT2D eigenvalue weighted by Gasteiger charge is 2.41. The first-order valence-corrected chi connectivity index (χ1v) is 6.29. The molecule has 0 bridgehead atoms. The molecule has 0 radical (unpaired) electrons. The van der Waals surface area contributed by atoms with Crippen molar-refractivity contribution in [3.05, 3.63) is 11.8 Å². The molecular formula is C14H24O2. The average molecular weight is 224 g/mol. The van der Waals surface area contributed by atoms with Gasteiger partial charge in [0.15, 0.2) is 0 Å². The summed E-state index contributed by atoms with van der Waals surface area (Å²) in [6.45, 7) is 10.6. The van der Waals surface area contributed by atoms with E-state index < -0.39 is 0 Å². The van der Waals surface area contributed by atoms with Gasteiger partial charge in [0.25, 0.3) is 0 Å². The van der Waals surface area contributed by atoms with Gasteiger partial charge < -0.3 is 4.74 Å².